The first kappa shape index (κ1) is 11.4. The van der Waals surface area contributed by atoms with Crippen LogP contribution in [0.3, 0.4) is 0 Å². The molecule has 0 heterocycles. The number of nitriles is 1. The molecule has 4 nitrogen and oxygen atoms in total. The normalized spacial score (nSPS) is 14.2. The van der Waals surface area contributed by atoms with Crippen LogP contribution in [-0.4, -0.2) is 45.0 Å². The molecule has 0 saturated carbocycles. The average molecular weight is 190 g/mol. The molecule has 0 aromatic rings. The maximum absolute atomic E-state index is 10.7. The summed E-state index contributed by atoms with van der Waals surface area (Å²) in [4.78, 5) is 1.71. The molecule has 0 radical (unpaired) electrons. The van der Waals surface area contributed by atoms with Crippen molar-refractivity contribution in [3.8, 4) is 6.07 Å². The zero-order valence-electron chi connectivity index (χ0n) is 7.61. The summed E-state index contributed by atoms with van der Waals surface area (Å²) in [6.07, 6.45) is 1.19. The highest BCUT2D eigenvalue weighted by molar-refractivity contribution is 7.90. The Bertz CT molecular complexity index is 266. The molecule has 12 heavy (non-hydrogen) atoms. The van der Waals surface area contributed by atoms with Crippen LogP contribution in [0.15, 0.2) is 0 Å². The third-order valence-corrected chi connectivity index (χ3v) is 2.59. The maximum atomic E-state index is 10.7. The largest absolute Gasteiger partial charge is 0.290 e. The molecule has 5 heteroatoms. The lowest BCUT2D eigenvalue weighted by Gasteiger charge is -2.17. The molecule has 0 aliphatic heterocycles. The Morgan fingerprint density at radius 3 is 2.42 bits per heavy atom. The van der Waals surface area contributed by atoms with Gasteiger partial charge in [0.25, 0.3) is 0 Å². The van der Waals surface area contributed by atoms with Crippen molar-refractivity contribution in [2.75, 3.05) is 25.6 Å². The van der Waals surface area contributed by atoms with Crippen LogP contribution in [0.2, 0.25) is 0 Å². The van der Waals surface area contributed by atoms with E-state index in [0.29, 0.717) is 6.54 Å². The van der Waals surface area contributed by atoms with Crippen molar-refractivity contribution in [3.05, 3.63) is 0 Å². The highest BCUT2D eigenvalue weighted by Gasteiger charge is 2.10. The van der Waals surface area contributed by atoms with E-state index >= 15 is 0 Å². The molecule has 1 unspecified atom stereocenters. The lowest BCUT2D eigenvalue weighted by Crippen LogP contribution is -2.32. The molecule has 0 fully saturated rings. The van der Waals surface area contributed by atoms with Crippen LogP contribution in [-0.2, 0) is 9.84 Å². The van der Waals surface area contributed by atoms with E-state index in [0.717, 1.165) is 0 Å². The summed E-state index contributed by atoms with van der Waals surface area (Å²) in [5.41, 5.74) is 0. The Balaban J connectivity index is 3.90. The summed E-state index contributed by atoms with van der Waals surface area (Å²) in [6, 6.07) is 1.80. The molecule has 0 spiro atoms. The van der Waals surface area contributed by atoms with Crippen molar-refractivity contribution >= 4 is 9.84 Å². The number of sulfone groups is 1. The molecule has 0 rings (SSSR count). The van der Waals surface area contributed by atoms with Crippen molar-refractivity contribution < 1.29 is 8.42 Å². The second kappa shape index (κ2) is 4.43. The van der Waals surface area contributed by atoms with Gasteiger partial charge in [0.1, 0.15) is 9.84 Å². The van der Waals surface area contributed by atoms with Crippen LogP contribution in [0.5, 0.6) is 0 Å². The molecule has 0 bridgehead atoms. The number of rotatable bonds is 4. The van der Waals surface area contributed by atoms with Gasteiger partial charge in [-0.05, 0) is 14.0 Å². The summed E-state index contributed by atoms with van der Waals surface area (Å²) < 4.78 is 21.5. The van der Waals surface area contributed by atoms with E-state index in [4.69, 9.17) is 5.26 Å². The topological polar surface area (TPSA) is 61.2 Å². The van der Waals surface area contributed by atoms with Gasteiger partial charge in [-0.25, -0.2) is 8.42 Å². The van der Waals surface area contributed by atoms with Crippen LogP contribution in [0.25, 0.3) is 0 Å². The van der Waals surface area contributed by atoms with Crippen LogP contribution in [0.1, 0.15) is 6.92 Å². The summed E-state index contributed by atoms with van der Waals surface area (Å²) in [5, 5.41) is 8.49. The number of nitrogens with zero attached hydrogens (tertiary/aromatic N) is 2. The van der Waals surface area contributed by atoms with Crippen LogP contribution < -0.4 is 0 Å². The highest BCUT2D eigenvalue weighted by atomic mass is 32.2. The summed E-state index contributed by atoms with van der Waals surface area (Å²) >= 11 is 0. The van der Waals surface area contributed by atoms with E-state index in [1.54, 1.807) is 18.9 Å². The van der Waals surface area contributed by atoms with Gasteiger partial charge in [0.05, 0.1) is 17.9 Å². The van der Waals surface area contributed by atoms with Crippen molar-refractivity contribution in [3.63, 3.8) is 0 Å². The van der Waals surface area contributed by atoms with Gasteiger partial charge in [0.15, 0.2) is 0 Å². The molecule has 0 aromatic carbocycles. The lowest BCUT2D eigenvalue weighted by molar-refractivity contribution is 0.320. The second-order valence-corrected chi connectivity index (χ2v) is 5.18. The standard InChI is InChI=1S/C7H14N2O2S/c1-7(6-8)9(2)4-5-12(3,10)11/h7H,4-5H2,1-3H3. The summed E-state index contributed by atoms with van der Waals surface area (Å²) in [7, 11) is -1.18. The van der Waals surface area contributed by atoms with Gasteiger partial charge in [0, 0.05) is 12.8 Å². The Morgan fingerprint density at radius 1 is 1.58 bits per heavy atom. The van der Waals surface area contributed by atoms with Crippen molar-refractivity contribution in [2.45, 2.75) is 13.0 Å². The fourth-order valence-electron chi connectivity index (χ4n) is 0.602. The molecule has 0 amide bonds. The van der Waals surface area contributed by atoms with E-state index in [1.807, 2.05) is 6.07 Å². The summed E-state index contributed by atoms with van der Waals surface area (Å²) in [5.74, 6) is 0.107. The molecule has 0 aliphatic carbocycles. The Morgan fingerprint density at radius 2 is 2.08 bits per heavy atom. The van der Waals surface area contributed by atoms with E-state index in [9.17, 15) is 8.42 Å². The third kappa shape index (κ3) is 5.10. The molecule has 70 valence electrons. The van der Waals surface area contributed by atoms with Gasteiger partial charge < -0.3 is 0 Å². The fourth-order valence-corrected chi connectivity index (χ4v) is 1.22. The van der Waals surface area contributed by atoms with Gasteiger partial charge in [-0.15, -0.1) is 0 Å². The predicted molar refractivity (Wildman–Crippen MR) is 47.4 cm³/mol. The van der Waals surface area contributed by atoms with Gasteiger partial charge >= 0.3 is 0 Å². The zero-order valence-corrected chi connectivity index (χ0v) is 8.43. The quantitative estimate of drug-likeness (QED) is 0.620. The fraction of sp³-hybridized carbons (Fsp3) is 0.857. The smallest absolute Gasteiger partial charge is 0.148 e. The van der Waals surface area contributed by atoms with Gasteiger partial charge in [0.2, 0.25) is 0 Å². The molecular formula is C7H14N2O2S. The minimum Gasteiger partial charge on any atom is -0.290 e. The first-order valence-electron chi connectivity index (χ1n) is 3.64. The van der Waals surface area contributed by atoms with E-state index < -0.39 is 9.84 Å². The molecule has 0 aliphatic rings. The second-order valence-electron chi connectivity index (χ2n) is 2.92. The highest BCUT2D eigenvalue weighted by Crippen LogP contribution is 1.94. The number of hydrogen-bond donors (Lipinski definition) is 0. The molecular weight excluding hydrogens is 176 g/mol. The van der Waals surface area contributed by atoms with Crippen molar-refractivity contribution in [1.82, 2.24) is 4.90 Å². The predicted octanol–water partition coefficient (Wildman–Crippen LogP) is -0.125. The third-order valence-electron chi connectivity index (χ3n) is 1.66. The SMILES string of the molecule is CC(C#N)N(C)CCS(C)(=O)=O. The summed E-state index contributed by atoms with van der Waals surface area (Å²) in [6.45, 7) is 2.15. The zero-order chi connectivity index (χ0) is 9.78. The lowest BCUT2D eigenvalue weighted by atomic mass is 10.3. The molecule has 1 atom stereocenters. The number of hydrogen-bond acceptors (Lipinski definition) is 4. The minimum absolute atomic E-state index is 0.107. The Kier molecular flexibility index (Phi) is 4.21. The molecule has 0 aromatic heterocycles. The average Bonchev–Trinajstić information content (AvgIpc) is 1.97. The van der Waals surface area contributed by atoms with Crippen molar-refractivity contribution in [2.24, 2.45) is 0 Å². The minimum atomic E-state index is -2.91. The van der Waals surface area contributed by atoms with E-state index in [-0.39, 0.29) is 11.8 Å². The van der Waals surface area contributed by atoms with Crippen LogP contribution in [0, 0.1) is 11.3 Å². The van der Waals surface area contributed by atoms with Gasteiger partial charge in [-0.3, -0.25) is 4.90 Å². The van der Waals surface area contributed by atoms with Gasteiger partial charge in [-0.1, -0.05) is 0 Å². The molecule has 0 saturated heterocycles. The van der Waals surface area contributed by atoms with E-state index in [2.05, 4.69) is 0 Å². The van der Waals surface area contributed by atoms with Gasteiger partial charge in [-0.2, -0.15) is 5.26 Å². The monoisotopic (exact) mass is 190 g/mol. The Hall–Kier alpha value is -0.600. The van der Waals surface area contributed by atoms with E-state index in [1.165, 1.54) is 6.26 Å². The first-order valence-corrected chi connectivity index (χ1v) is 5.70. The van der Waals surface area contributed by atoms with Crippen LogP contribution in [0.4, 0.5) is 0 Å². The van der Waals surface area contributed by atoms with Crippen LogP contribution >= 0.6 is 0 Å². The van der Waals surface area contributed by atoms with Crippen molar-refractivity contribution in [1.29, 1.82) is 5.26 Å². The molecule has 0 N–H and O–H groups in total. The Labute approximate surface area is 73.7 Å². The first-order chi connectivity index (χ1) is 5.37. The maximum Gasteiger partial charge on any atom is 0.148 e.